The van der Waals surface area contributed by atoms with Crippen LogP contribution in [0.1, 0.15) is 10.4 Å². The molecule has 0 spiro atoms. The highest BCUT2D eigenvalue weighted by atomic mass is 32.2. The van der Waals surface area contributed by atoms with Gasteiger partial charge in [-0.15, -0.1) is 11.3 Å². The van der Waals surface area contributed by atoms with Crippen molar-refractivity contribution in [3.8, 4) is 6.07 Å². The standard InChI is InChI=1S/C17H14N4O2S2/c1-12-5-8-17(24-12)25(22,23)21-16-7-6-15(11-19-16)20-14-4-2-3-13(9-14)10-18/h2-9,11,20H,1H3,(H,19,21). The summed E-state index contributed by atoms with van der Waals surface area (Å²) in [6.07, 6.45) is 1.52. The normalized spacial score (nSPS) is 10.9. The molecule has 0 amide bonds. The topological polar surface area (TPSA) is 94.9 Å². The average molecular weight is 370 g/mol. The predicted molar refractivity (Wildman–Crippen MR) is 98.5 cm³/mol. The fraction of sp³-hybridized carbons (Fsp3) is 0.0588. The van der Waals surface area contributed by atoms with Gasteiger partial charge >= 0.3 is 0 Å². The Labute approximate surface area is 149 Å². The zero-order valence-electron chi connectivity index (χ0n) is 13.2. The van der Waals surface area contributed by atoms with Crippen molar-refractivity contribution >= 4 is 38.6 Å². The molecule has 0 atom stereocenters. The third kappa shape index (κ3) is 4.15. The van der Waals surface area contributed by atoms with Gasteiger partial charge in [0.15, 0.2) is 0 Å². The molecule has 0 aliphatic carbocycles. The number of nitriles is 1. The highest BCUT2D eigenvalue weighted by Crippen LogP contribution is 2.23. The van der Waals surface area contributed by atoms with Crippen LogP contribution in [0.15, 0.2) is 58.9 Å². The van der Waals surface area contributed by atoms with Crippen LogP contribution in [0, 0.1) is 18.3 Å². The molecule has 0 saturated heterocycles. The lowest BCUT2D eigenvalue weighted by Gasteiger charge is -2.08. The monoisotopic (exact) mass is 370 g/mol. The first-order chi connectivity index (χ1) is 12.0. The van der Waals surface area contributed by atoms with Gasteiger partial charge in [-0.05, 0) is 49.4 Å². The number of nitrogens with zero attached hydrogens (tertiary/aromatic N) is 2. The van der Waals surface area contributed by atoms with Gasteiger partial charge in [-0.25, -0.2) is 13.4 Å². The first-order valence-corrected chi connectivity index (χ1v) is 9.59. The maximum atomic E-state index is 12.3. The maximum Gasteiger partial charge on any atom is 0.272 e. The Balaban J connectivity index is 1.73. The van der Waals surface area contributed by atoms with Gasteiger partial charge in [0.25, 0.3) is 10.0 Å². The predicted octanol–water partition coefficient (Wildman–Crippen LogP) is 3.87. The summed E-state index contributed by atoms with van der Waals surface area (Å²) in [5.41, 5.74) is 1.99. The van der Waals surface area contributed by atoms with Gasteiger partial charge < -0.3 is 5.32 Å². The molecule has 0 unspecified atom stereocenters. The van der Waals surface area contributed by atoms with Crippen LogP contribution < -0.4 is 10.0 Å². The Bertz CT molecular complexity index is 1040. The van der Waals surface area contributed by atoms with Crippen LogP contribution in [0.2, 0.25) is 0 Å². The van der Waals surface area contributed by atoms with E-state index < -0.39 is 10.0 Å². The Hall–Kier alpha value is -2.89. The largest absolute Gasteiger partial charge is 0.354 e. The minimum atomic E-state index is -3.62. The number of pyridine rings is 1. The van der Waals surface area contributed by atoms with Crippen LogP contribution >= 0.6 is 11.3 Å². The van der Waals surface area contributed by atoms with Crippen LogP contribution in [0.25, 0.3) is 0 Å². The summed E-state index contributed by atoms with van der Waals surface area (Å²) in [4.78, 5) is 5.05. The lowest BCUT2D eigenvalue weighted by Crippen LogP contribution is -2.12. The third-order valence-electron chi connectivity index (χ3n) is 3.26. The number of hydrogen-bond acceptors (Lipinski definition) is 6. The molecule has 25 heavy (non-hydrogen) atoms. The van der Waals surface area contributed by atoms with E-state index in [9.17, 15) is 8.42 Å². The number of anilines is 3. The van der Waals surface area contributed by atoms with Crippen molar-refractivity contribution in [2.24, 2.45) is 0 Å². The van der Waals surface area contributed by atoms with Crippen molar-refractivity contribution in [3.05, 3.63) is 65.2 Å². The molecule has 6 nitrogen and oxygen atoms in total. The number of thiophene rings is 1. The minimum Gasteiger partial charge on any atom is -0.354 e. The van der Waals surface area contributed by atoms with E-state index in [2.05, 4.69) is 21.1 Å². The molecule has 8 heteroatoms. The van der Waals surface area contributed by atoms with Crippen LogP contribution in [-0.2, 0) is 10.0 Å². The van der Waals surface area contributed by atoms with E-state index in [-0.39, 0.29) is 10.0 Å². The first-order valence-electron chi connectivity index (χ1n) is 7.29. The summed E-state index contributed by atoms with van der Waals surface area (Å²) in [6.45, 7) is 1.85. The van der Waals surface area contributed by atoms with Gasteiger partial charge in [0.05, 0.1) is 23.5 Å². The molecule has 0 bridgehead atoms. The van der Waals surface area contributed by atoms with E-state index in [1.165, 1.54) is 17.5 Å². The van der Waals surface area contributed by atoms with Crippen molar-refractivity contribution in [3.63, 3.8) is 0 Å². The third-order valence-corrected chi connectivity index (χ3v) is 6.11. The van der Waals surface area contributed by atoms with E-state index >= 15 is 0 Å². The Kier molecular flexibility index (Phi) is 4.70. The maximum absolute atomic E-state index is 12.3. The molecule has 0 fully saturated rings. The quantitative estimate of drug-likeness (QED) is 0.711. The summed E-state index contributed by atoms with van der Waals surface area (Å²) >= 11 is 1.21. The molecule has 3 aromatic rings. The molecule has 2 N–H and O–H groups in total. The Morgan fingerprint density at radius 2 is 1.96 bits per heavy atom. The van der Waals surface area contributed by atoms with Crippen molar-refractivity contribution < 1.29 is 8.42 Å². The lowest BCUT2D eigenvalue weighted by molar-refractivity contribution is 0.603. The van der Waals surface area contributed by atoms with E-state index in [0.717, 1.165) is 10.6 Å². The van der Waals surface area contributed by atoms with E-state index in [1.807, 2.05) is 13.0 Å². The summed E-state index contributed by atoms with van der Waals surface area (Å²) < 4.78 is 27.3. The highest BCUT2D eigenvalue weighted by Gasteiger charge is 2.16. The molecule has 1 aromatic carbocycles. The van der Waals surface area contributed by atoms with Crippen LogP contribution in [0.4, 0.5) is 17.2 Å². The summed E-state index contributed by atoms with van der Waals surface area (Å²) in [7, 11) is -3.62. The average Bonchev–Trinajstić information content (AvgIpc) is 3.04. The van der Waals surface area contributed by atoms with E-state index in [0.29, 0.717) is 11.3 Å². The molecule has 2 aromatic heterocycles. The number of aromatic nitrogens is 1. The number of sulfonamides is 1. The molecule has 2 heterocycles. The van der Waals surface area contributed by atoms with Gasteiger partial charge in [0, 0.05) is 10.6 Å². The highest BCUT2D eigenvalue weighted by molar-refractivity contribution is 7.94. The van der Waals surface area contributed by atoms with E-state index in [1.54, 1.807) is 42.5 Å². The lowest BCUT2D eigenvalue weighted by atomic mass is 10.2. The van der Waals surface area contributed by atoms with Gasteiger partial charge in [0.1, 0.15) is 10.0 Å². The second-order valence-electron chi connectivity index (χ2n) is 5.22. The fourth-order valence-corrected chi connectivity index (χ4v) is 4.40. The van der Waals surface area contributed by atoms with Gasteiger partial charge in [-0.2, -0.15) is 5.26 Å². The smallest absolute Gasteiger partial charge is 0.272 e. The molecule has 0 saturated carbocycles. The summed E-state index contributed by atoms with van der Waals surface area (Å²) in [6, 6.07) is 15.7. The molecular formula is C17H14N4O2S2. The summed E-state index contributed by atoms with van der Waals surface area (Å²) in [5.74, 6) is 0.238. The minimum absolute atomic E-state index is 0.238. The van der Waals surface area contributed by atoms with Crippen molar-refractivity contribution in [1.82, 2.24) is 4.98 Å². The van der Waals surface area contributed by atoms with Crippen molar-refractivity contribution in [2.75, 3.05) is 10.0 Å². The fourth-order valence-electron chi connectivity index (χ4n) is 2.11. The number of nitrogens with one attached hydrogen (secondary N) is 2. The molecular weight excluding hydrogens is 356 g/mol. The second kappa shape index (κ2) is 6.93. The molecule has 3 rings (SSSR count). The van der Waals surface area contributed by atoms with Gasteiger partial charge in [0.2, 0.25) is 0 Å². The molecule has 0 aliphatic heterocycles. The van der Waals surface area contributed by atoms with Crippen molar-refractivity contribution in [1.29, 1.82) is 5.26 Å². The molecule has 0 aliphatic rings. The molecule has 0 radical (unpaired) electrons. The number of hydrogen-bond donors (Lipinski definition) is 2. The van der Waals surface area contributed by atoms with Gasteiger partial charge in [-0.3, -0.25) is 4.72 Å². The van der Waals surface area contributed by atoms with Gasteiger partial charge in [-0.1, -0.05) is 6.07 Å². The number of benzene rings is 1. The SMILES string of the molecule is Cc1ccc(S(=O)(=O)Nc2ccc(Nc3cccc(C#N)c3)cn2)s1. The van der Waals surface area contributed by atoms with Crippen molar-refractivity contribution in [2.45, 2.75) is 11.1 Å². The van der Waals surface area contributed by atoms with E-state index in [4.69, 9.17) is 5.26 Å². The number of aryl methyl sites for hydroxylation is 1. The Morgan fingerprint density at radius 1 is 1.12 bits per heavy atom. The zero-order chi connectivity index (χ0) is 17.9. The zero-order valence-corrected chi connectivity index (χ0v) is 14.9. The first kappa shape index (κ1) is 17.0. The summed E-state index contributed by atoms with van der Waals surface area (Å²) in [5, 5.41) is 12.0. The Morgan fingerprint density at radius 3 is 2.60 bits per heavy atom. The van der Waals surface area contributed by atoms with Crippen LogP contribution in [0.3, 0.4) is 0 Å². The second-order valence-corrected chi connectivity index (χ2v) is 8.42. The van der Waals surface area contributed by atoms with Crippen LogP contribution in [0.5, 0.6) is 0 Å². The molecule has 126 valence electrons. The number of rotatable bonds is 5. The van der Waals surface area contributed by atoms with Crippen LogP contribution in [-0.4, -0.2) is 13.4 Å².